The topological polar surface area (TPSA) is 68.3 Å². The van der Waals surface area contributed by atoms with Crippen molar-refractivity contribution in [1.29, 1.82) is 0 Å². The summed E-state index contributed by atoms with van der Waals surface area (Å²) in [4.78, 5) is 26.8. The molecule has 114 valence electrons. The van der Waals surface area contributed by atoms with Crippen molar-refractivity contribution in [3.05, 3.63) is 59.2 Å². The van der Waals surface area contributed by atoms with Crippen molar-refractivity contribution < 1.29 is 27.5 Å². The Labute approximate surface area is 122 Å². The Bertz CT molecular complexity index is 733. The third kappa shape index (κ3) is 3.05. The van der Waals surface area contributed by atoms with Gasteiger partial charge in [-0.05, 0) is 24.3 Å². The minimum absolute atomic E-state index is 0.123. The molecule has 0 saturated carbocycles. The number of methoxy groups -OCH3 is 1. The maximum atomic E-state index is 13.4. The lowest BCUT2D eigenvalue weighted by atomic mass is 10.2. The SMILES string of the molecule is COC(=O)c1ccc(C(=O)Nc2ccc(F)c(F)c2F)nc1. The number of amides is 1. The number of benzene rings is 1. The van der Waals surface area contributed by atoms with E-state index >= 15 is 0 Å². The van der Waals surface area contributed by atoms with Gasteiger partial charge in [0.05, 0.1) is 18.4 Å². The molecule has 1 aromatic heterocycles. The van der Waals surface area contributed by atoms with E-state index in [1.807, 2.05) is 0 Å². The van der Waals surface area contributed by atoms with Crippen LogP contribution in [0.5, 0.6) is 0 Å². The highest BCUT2D eigenvalue weighted by atomic mass is 19.2. The Hall–Kier alpha value is -2.90. The summed E-state index contributed by atoms with van der Waals surface area (Å²) in [6.07, 6.45) is 1.10. The van der Waals surface area contributed by atoms with Crippen LogP contribution in [-0.4, -0.2) is 24.0 Å². The van der Waals surface area contributed by atoms with Crippen molar-refractivity contribution >= 4 is 17.6 Å². The number of anilines is 1. The molecule has 0 saturated heterocycles. The molecule has 0 atom stereocenters. The Balaban J connectivity index is 2.19. The number of ether oxygens (including phenoxy) is 1. The van der Waals surface area contributed by atoms with E-state index in [9.17, 15) is 22.8 Å². The minimum Gasteiger partial charge on any atom is -0.465 e. The molecule has 0 fully saturated rings. The van der Waals surface area contributed by atoms with E-state index in [0.717, 1.165) is 12.3 Å². The number of nitrogens with zero attached hydrogens (tertiary/aromatic N) is 1. The van der Waals surface area contributed by atoms with Crippen LogP contribution < -0.4 is 5.32 Å². The van der Waals surface area contributed by atoms with E-state index in [-0.39, 0.29) is 11.3 Å². The first-order chi connectivity index (χ1) is 10.4. The lowest BCUT2D eigenvalue weighted by Crippen LogP contribution is -2.16. The Morgan fingerprint density at radius 3 is 2.41 bits per heavy atom. The zero-order chi connectivity index (χ0) is 16.3. The van der Waals surface area contributed by atoms with E-state index in [1.54, 1.807) is 0 Å². The second-order valence-corrected chi connectivity index (χ2v) is 4.10. The average Bonchev–Trinajstić information content (AvgIpc) is 2.54. The van der Waals surface area contributed by atoms with Crippen molar-refractivity contribution in [2.24, 2.45) is 0 Å². The number of carbonyl (C=O) groups is 2. The number of esters is 1. The van der Waals surface area contributed by atoms with Gasteiger partial charge < -0.3 is 10.1 Å². The summed E-state index contributed by atoms with van der Waals surface area (Å²) < 4.78 is 43.8. The molecule has 2 aromatic rings. The van der Waals surface area contributed by atoms with Crippen LogP contribution >= 0.6 is 0 Å². The van der Waals surface area contributed by atoms with Gasteiger partial charge in [0.15, 0.2) is 17.5 Å². The highest BCUT2D eigenvalue weighted by Crippen LogP contribution is 2.20. The molecule has 0 unspecified atom stereocenters. The quantitative estimate of drug-likeness (QED) is 0.699. The second kappa shape index (κ2) is 6.25. The zero-order valence-corrected chi connectivity index (χ0v) is 11.2. The predicted molar refractivity (Wildman–Crippen MR) is 69.8 cm³/mol. The first kappa shape index (κ1) is 15.5. The molecule has 0 bridgehead atoms. The number of rotatable bonds is 3. The monoisotopic (exact) mass is 310 g/mol. The van der Waals surface area contributed by atoms with E-state index in [2.05, 4.69) is 15.0 Å². The van der Waals surface area contributed by atoms with Crippen LogP contribution in [0.4, 0.5) is 18.9 Å². The summed E-state index contributed by atoms with van der Waals surface area (Å²) in [7, 11) is 1.19. The summed E-state index contributed by atoms with van der Waals surface area (Å²) in [5.74, 6) is -6.05. The van der Waals surface area contributed by atoms with Crippen LogP contribution in [0.15, 0.2) is 30.5 Å². The van der Waals surface area contributed by atoms with Crippen LogP contribution in [0.25, 0.3) is 0 Å². The fraction of sp³-hybridized carbons (Fsp3) is 0.0714. The maximum Gasteiger partial charge on any atom is 0.339 e. The molecule has 0 aliphatic carbocycles. The molecule has 5 nitrogen and oxygen atoms in total. The van der Waals surface area contributed by atoms with E-state index in [4.69, 9.17) is 0 Å². The second-order valence-electron chi connectivity index (χ2n) is 4.10. The Kier molecular flexibility index (Phi) is 4.40. The average molecular weight is 310 g/mol. The van der Waals surface area contributed by atoms with Gasteiger partial charge in [-0.2, -0.15) is 0 Å². The summed E-state index contributed by atoms with van der Waals surface area (Å²) >= 11 is 0. The molecule has 1 amide bonds. The standard InChI is InChI=1S/C14H9F3N2O3/c1-22-14(21)7-2-4-10(18-6-7)13(20)19-9-5-3-8(15)11(16)12(9)17/h2-6H,1H3,(H,19,20). The fourth-order valence-corrected chi connectivity index (χ4v) is 1.58. The van der Waals surface area contributed by atoms with Crippen molar-refractivity contribution in [1.82, 2.24) is 4.98 Å². The van der Waals surface area contributed by atoms with Gasteiger partial charge in [0, 0.05) is 6.20 Å². The first-order valence-electron chi connectivity index (χ1n) is 5.93. The highest BCUT2D eigenvalue weighted by Gasteiger charge is 2.17. The molecular weight excluding hydrogens is 301 g/mol. The minimum atomic E-state index is -1.69. The van der Waals surface area contributed by atoms with Gasteiger partial charge >= 0.3 is 5.97 Å². The molecule has 1 heterocycles. The van der Waals surface area contributed by atoms with Crippen LogP contribution in [0.3, 0.4) is 0 Å². The third-order valence-corrected chi connectivity index (χ3v) is 2.70. The van der Waals surface area contributed by atoms with Gasteiger partial charge in [0.1, 0.15) is 5.69 Å². The van der Waals surface area contributed by atoms with E-state index in [1.165, 1.54) is 19.2 Å². The Morgan fingerprint density at radius 2 is 1.82 bits per heavy atom. The molecule has 8 heteroatoms. The van der Waals surface area contributed by atoms with Gasteiger partial charge in [-0.25, -0.2) is 18.0 Å². The number of nitrogens with one attached hydrogen (secondary N) is 1. The normalized spacial score (nSPS) is 10.2. The molecule has 2 rings (SSSR count). The predicted octanol–water partition coefficient (Wildman–Crippen LogP) is 2.54. The smallest absolute Gasteiger partial charge is 0.339 e. The van der Waals surface area contributed by atoms with Gasteiger partial charge in [-0.3, -0.25) is 9.78 Å². The first-order valence-corrected chi connectivity index (χ1v) is 5.93. The molecule has 1 N–H and O–H groups in total. The lowest BCUT2D eigenvalue weighted by Gasteiger charge is -2.07. The lowest BCUT2D eigenvalue weighted by molar-refractivity contribution is 0.0600. The number of aromatic nitrogens is 1. The molecule has 0 spiro atoms. The van der Waals surface area contributed by atoms with Gasteiger partial charge in [0.25, 0.3) is 5.91 Å². The fourth-order valence-electron chi connectivity index (χ4n) is 1.58. The molecular formula is C14H9F3N2O3. The van der Waals surface area contributed by atoms with Crippen LogP contribution in [-0.2, 0) is 4.74 Å². The number of hydrogen-bond acceptors (Lipinski definition) is 4. The summed E-state index contributed by atoms with van der Waals surface area (Å²) in [6.45, 7) is 0. The van der Waals surface area contributed by atoms with E-state index < -0.39 is 35.0 Å². The number of halogens is 3. The largest absolute Gasteiger partial charge is 0.465 e. The number of hydrogen-bond donors (Lipinski definition) is 1. The van der Waals surface area contributed by atoms with Crippen molar-refractivity contribution in [2.45, 2.75) is 0 Å². The number of carbonyl (C=O) groups excluding carboxylic acids is 2. The van der Waals surface area contributed by atoms with Crippen LogP contribution in [0.2, 0.25) is 0 Å². The van der Waals surface area contributed by atoms with Crippen LogP contribution in [0.1, 0.15) is 20.8 Å². The zero-order valence-electron chi connectivity index (χ0n) is 11.2. The Morgan fingerprint density at radius 1 is 1.09 bits per heavy atom. The summed E-state index contributed by atoms with van der Waals surface area (Å²) in [6, 6.07) is 4.06. The summed E-state index contributed by atoms with van der Waals surface area (Å²) in [5.41, 5.74) is -0.544. The third-order valence-electron chi connectivity index (χ3n) is 2.70. The molecule has 0 aliphatic rings. The molecule has 0 radical (unpaired) electrons. The molecule has 0 aliphatic heterocycles. The van der Waals surface area contributed by atoms with Crippen molar-refractivity contribution in [3.8, 4) is 0 Å². The molecule has 22 heavy (non-hydrogen) atoms. The van der Waals surface area contributed by atoms with Gasteiger partial charge in [-0.1, -0.05) is 0 Å². The highest BCUT2D eigenvalue weighted by molar-refractivity contribution is 6.03. The van der Waals surface area contributed by atoms with Gasteiger partial charge in [-0.15, -0.1) is 0 Å². The van der Waals surface area contributed by atoms with Crippen LogP contribution in [0, 0.1) is 17.5 Å². The maximum absolute atomic E-state index is 13.4. The van der Waals surface area contributed by atoms with E-state index in [0.29, 0.717) is 6.07 Å². The van der Waals surface area contributed by atoms with Crippen molar-refractivity contribution in [3.63, 3.8) is 0 Å². The van der Waals surface area contributed by atoms with Gasteiger partial charge in [0.2, 0.25) is 0 Å². The van der Waals surface area contributed by atoms with Crippen molar-refractivity contribution in [2.75, 3.05) is 12.4 Å². The number of pyridine rings is 1. The summed E-state index contributed by atoms with van der Waals surface area (Å²) in [5, 5.41) is 2.06. The molecule has 1 aromatic carbocycles.